The second kappa shape index (κ2) is 5.10. The normalized spacial score (nSPS) is 61.1. The van der Waals surface area contributed by atoms with E-state index in [1.165, 1.54) is 0 Å². The van der Waals surface area contributed by atoms with Crippen molar-refractivity contribution >= 4 is 0 Å². The highest BCUT2D eigenvalue weighted by molar-refractivity contribution is 5.33. The van der Waals surface area contributed by atoms with E-state index in [1.54, 1.807) is 20.8 Å². The van der Waals surface area contributed by atoms with Crippen molar-refractivity contribution in [3.63, 3.8) is 0 Å². The zero-order valence-corrected chi connectivity index (χ0v) is 15.8. The molecule has 4 rings (SSSR count). The molecule has 0 heterocycles. The zero-order valence-electron chi connectivity index (χ0n) is 15.8. The molecule has 4 saturated carbocycles. The maximum atomic E-state index is 11.6. The maximum Gasteiger partial charge on any atom is 0.107 e. The molecule has 0 radical (unpaired) electrons. The molecule has 26 heavy (non-hydrogen) atoms. The molecule has 6 heteroatoms. The van der Waals surface area contributed by atoms with Gasteiger partial charge in [0.05, 0.1) is 30.0 Å². The summed E-state index contributed by atoms with van der Waals surface area (Å²) in [7, 11) is 0. The van der Waals surface area contributed by atoms with E-state index in [1.807, 2.05) is 0 Å². The van der Waals surface area contributed by atoms with Crippen LogP contribution in [0.4, 0.5) is 0 Å². The van der Waals surface area contributed by atoms with E-state index >= 15 is 0 Å². The molecule has 6 N–H and O–H groups in total. The van der Waals surface area contributed by atoms with Gasteiger partial charge in [0.1, 0.15) is 5.60 Å². The van der Waals surface area contributed by atoms with Gasteiger partial charge in [0.25, 0.3) is 0 Å². The van der Waals surface area contributed by atoms with Crippen LogP contribution in [-0.2, 0) is 0 Å². The van der Waals surface area contributed by atoms with Crippen molar-refractivity contribution in [1.29, 1.82) is 0 Å². The Morgan fingerprint density at radius 2 is 1.58 bits per heavy atom. The molecule has 4 aliphatic rings. The summed E-state index contributed by atoms with van der Waals surface area (Å²) in [5, 5.41) is 66.0. The van der Waals surface area contributed by atoms with E-state index in [9.17, 15) is 30.6 Å². The van der Waals surface area contributed by atoms with Crippen LogP contribution in [0.15, 0.2) is 12.2 Å². The summed E-state index contributed by atoms with van der Waals surface area (Å²) < 4.78 is 0. The standard InChI is InChI=1S/C20H32O6/c1-9-10-5-6-11-15(23)19(10,8-18(11,4)25)7-12(21)20(26)13(9)14(22)16(24)17(20,2)3/h10-16,21-26H,1,5-8H2,2-4H3/t10-,11+,12-,13-,14-,15+,16+,18-,19-,20+/m0/s1. The lowest BCUT2D eigenvalue weighted by molar-refractivity contribution is -0.174. The molecular weight excluding hydrogens is 336 g/mol. The summed E-state index contributed by atoms with van der Waals surface area (Å²) in [4.78, 5) is 0. The van der Waals surface area contributed by atoms with Crippen LogP contribution in [0.3, 0.4) is 0 Å². The molecular formula is C20H32O6. The van der Waals surface area contributed by atoms with Gasteiger partial charge >= 0.3 is 0 Å². The minimum Gasteiger partial charge on any atom is -0.392 e. The van der Waals surface area contributed by atoms with Gasteiger partial charge in [-0.05, 0) is 38.5 Å². The van der Waals surface area contributed by atoms with Crippen LogP contribution < -0.4 is 0 Å². The van der Waals surface area contributed by atoms with Crippen molar-refractivity contribution in [3.05, 3.63) is 12.2 Å². The predicted molar refractivity (Wildman–Crippen MR) is 93.9 cm³/mol. The summed E-state index contributed by atoms with van der Waals surface area (Å²) in [5.74, 6) is -1.37. The Labute approximate surface area is 154 Å². The fourth-order valence-electron chi connectivity index (χ4n) is 7.34. The van der Waals surface area contributed by atoms with Gasteiger partial charge in [-0.2, -0.15) is 0 Å². The highest BCUT2D eigenvalue weighted by Gasteiger charge is 2.74. The van der Waals surface area contributed by atoms with E-state index in [0.717, 1.165) is 0 Å². The van der Waals surface area contributed by atoms with Crippen LogP contribution >= 0.6 is 0 Å². The number of hydrogen-bond acceptors (Lipinski definition) is 6. The lowest BCUT2D eigenvalue weighted by Gasteiger charge is -2.46. The third-order valence-electron chi connectivity index (χ3n) is 8.76. The van der Waals surface area contributed by atoms with Gasteiger partial charge in [-0.25, -0.2) is 0 Å². The average molecular weight is 368 g/mol. The van der Waals surface area contributed by atoms with Gasteiger partial charge in [-0.15, -0.1) is 0 Å². The zero-order chi connectivity index (χ0) is 19.4. The Bertz CT molecular complexity index is 644. The first kappa shape index (κ1) is 18.8. The van der Waals surface area contributed by atoms with Crippen molar-refractivity contribution in [3.8, 4) is 0 Å². The van der Waals surface area contributed by atoms with Gasteiger partial charge < -0.3 is 30.6 Å². The first-order valence-electron chi connectivity index (χ1n) is 9.68. The number of rotatable bonds is 0. The van der Waals surface area contributed by atoms with E-state index in [0.29, 0.717) is 24.8 Å². The maximum absolute atomic E-state index is 11.6. The SMILES string of the molecule is C=C1[C@@H]2CC[C@@H]3[C@@H](O)[C@@]2(C[C@H](O)[C@@]2(O)[C@@H]1[C@H](O)[C@@H](O)C2(C)C)C[C@]3(C)O. The monoisotopic (exact) mass is 368 g/mol. The van der Waals surface area contributed by atoms with Crippen LogP contribution in [0.5, 0.6) is 0 Å². The van der Waals surface area contributed by atoms with Crippen molar-refractivity contribution in [2.45, 2.75) is 82.1 Å². The molecule has 148 valence electrons. The second-order valence-electron chi connectivity index (χ2n) is 10.2. The van der Waals surface area contributed by atoms with Crippen molar-refractivity contribution in [2.24, 2.45) is 28.6 Å². The van der Waals surface area contributed by atoms with Gasteiger partial charge in [0.15, 0.2) is 0 Å². The minimum atomic E-state index is -1.75. The van der Waals surface area contributed by atoms with Gasteiger partial charge in [-0.3, -0.25) is 0 Å². The lowest BCUT2D eigenvalue weighted by atomic mass is 9.61. The third-order valence-corrected chi connectivity index (χ3v) is 8.76. The number of aliphatic hydroxyl groups excluding tert-OH is 4. The van der Waals surface area contributed by atoms with Gasteiger partial charge in [0.2, 0.25) is 0 Å². The van der Waals surface area contributed by atoms with E-state index < -0.39 is 52.4 Å². The molecule has 2 bridgehead atoms. The Morgan fingerprint density at radius 1 is 0.962 bits per heavy atom. The first-order valence-corrected chi connectivity index (χ1v) is 9.68. The minimum absolute atomic E-state index is 0.111. The van der Waals surface area contributed by atoms with Crippen LogP contribution in [0.2, 0.25) is 0 Å². The predicted octanol–water partition coefficient (Wildman–Crippen LogP) is -0.0557. The smallest absolute Gasteiger partial charge is 0.107 e. The highest BCUT2D eigenvalue weighted by Crippen LogP contribution is 2.68. The largest absolute Gasteiger partial charge is 0.392 e. The highest BCUT2D eigenvalue weighted by atomic mass is 16.4. The molecule has 4 aliphatic carbocycles. The fraction of sp³-hybridized carbons (Fsp3) is 0.900. The lowest BCUT2D eigenvalue weighted by Crippen LogP contribution is -2.57. The molecule has 0 amide bonds. The quantitative estimate of drug-likeness (QED) is 0.333. The van der Waals surface area contributed by atoms with Crippen molar-refractivity contribution < 1.29 is 30.6 Å². The molecule has 4 fully saturated rings. The molecule has 0 aromatic rings. The molecule has 0 unspecified atom stereocenters. The topological polar surface area (TPSA) is 121 Å². The second-order valence-corrected chi connectivity index (χ2v) is 10.2. The van der Waals surface area contributed by atoms with E-state index in [4.69, 9.17) is 0 Å². The van der Waals surface area contributed by atoms with Crippen LogP contribution in [0.25, 0.3) is 0 Å². The third kappa shape index (κ3) is 1.84. The molecule has 10 atom stereocenters. The summed E-state index contributed by atoms with van der Waals surface area (Å²) in [6.45, 7) is 9.22. The molecule has 0 aromatic heterocycles. The number of fused-ring (bicyclic) bond motifs is 2. The van der Waals surface area contributed by atoms with Gasteiger partial charge in [-0.1, -0.05) is 26.0 Å². The fourth-order valence-corrected chi connectivity index (χ4v) is 7.34. The Morgan fingerprint density at radius 3 is 2.19 bits per heavy atom. The van der Waals surface area contributed by atoms with Crippen LogP contribution in [-0.4, -0.2) is 66.3 Å². The van der Waals surface area contributed by atoms with E-state index in [-0.39, 0.29) is 18.3 Å². The summed E-state index contributed by atoms with van der Waals surface area (Å²) in [6, 6.07) is 0. The summed E-state index contributed by atoms with van der Waals surface area (Å²) in [6.07, 6.45) is -2.72. The number of aliphatic hydroxyl groups is 6. The van der Waals surface area contributed by atoms with Crippen molar-refractivity contribution in [2.75, 3.05) is 0 Å². The summed E-state index contributed by atoms with van der Waals surface area (Å²) >= 11 is 0. The van der Waals surface area contributed by atoms with E-state index in [2.05, 4.69) is 6.58 Å². The molecule has 6 nitrogen and oxygen atoms in total. The molecule has 1 spiro atoms. The molecule has 0 aromatic carbocycles. The van der Waals surface area contributed by atoms with Crippen molar-refractivity contribution in [1.82, 2.24) is 0 Å². The Kier molecular flexibility index (Phi) is 3.70. The Hall–Kier alpha value is -0.500. The first-order chi connectivity index (χ1) is 11.8. The molecule has 0 saturated heterocycles. The van der Waals surface area contributed by atoms with Gasteiger partial charge in [0, 0.05) is 22.7 Å². The van der Waals surface area contributed by atoms with Crippen LogP contribution in [0.1, 0.15) is 46.5 Å². The summed E-state index contributed by atoms with van der Waals surface area (Å²) in [5.41, 5.74) is -4.13. The average Bonchev–Trinajstić information content (AvgIpc) is 2.70. The Balaban J connectivity index is 1.88. The molecule has 0 aliphatic heterocycles. The number of hydrogen-bond donors (Lipinski definition) is 6. The van der Waals surface area contributed by atoms with Crippen LogP contribution in [0, 0.1) is 28.6 Å².